The zero-order valence-electron chi connectivity index (χ0n) is 16.9. The van der Waals surface area contributed by atoms with Crippen LogP contribution in [0.1, 0.15) is 29.2 Å². The summed E-state index contributed by atoms with van der Waals surface area (Å²) >= 11 is 0. The van der Waals surface area contributed by atoms with Gasteiger partial charge in [-0.25, -0.2) is 0 Å². The molecule has 0 bridgehead atoms. The van der Waals surface area contributed by atoms with E-state index >= 15 is 0 Å². The molecule has 2 aromatic rings. The van der Waals surface area contributed by atoms with E-state index in [1.165, 1.54) is 27.6 Å². The molecule has 3 heteroatoms. The van der Waals surface area contributed by atoms with E-state index in [2.05, 4.69) is 90.7 Å². The molecule has 0 aromatic heterocycles. The van der Waals surface area contributed by atoms with E-state index in [4.69, 9.17) is 9.98 Å². The first-order valence-electron chi connectivity index (χ1n) is 8.88. The summed E-state index contributed by atoms with van der Waals surface area (Å²) in [6.45, 7) is 17.6. The fourth-order valence-electron chi connectivity index (χ4n) is 3.09. The van der Waals surface area contributed by atoms with Crippen LogP contribution in [0, 0.1) is 27.7 Å². The van der Waals surface area contributed by atoms with Crippen LogP contribution in [-0.2, 0) is 0 Å². The summed E-state index contributed by atoms with van der Waals surface area (Å²) in [4.78, 5) is 10.1. The summed E-state index contributed by atoms with van der Waals surface area (Å²) in [7, 11) is -1.65. The number of rotatable bonds is 4. The number of nitrogens with zero attached hydrogens (tertiary/aromatic N) is 2. The van der Waals surface area contributed by atoms with Crippen molar-refractivity contribution in [2.75, 3.05) is 0 Å². The quantitative estimate of drug-likeness (QED) is 0.435. The van der Waals surface area contributed by atoms with E-state index < -0.39 is 8.07 Å². The van der Waals surface area contributed by atoms with Crippen molar-refractivity contribution in [2.45, 2.75) is 54.3 Å². The van der Waals surface area contributed by atoms with Gasteiger partial charge in [0.1, 0.15) is 8.07 Å². The normalized spacial score (nSPS) is 13.3. The third-order valence-corrected chi connectivity index (χ3v) is 6.33. The van der Waals surface area contributed by atoms with Gasteiger partial charge in [0, 0.05) is 5.33 Å². The molecule has 2 aromatic carbocycles. The fourth-order valence-corrected chi connectivity index (χ4v) is 4.68. The Morgan fingerprint density at radius 2 is 1.04 bits per heavy atom. The van der Waals surface area contributed by atoms with Crippen LogP contribution in [0.2, 0.25) is 19.6 Å². The lowest BCUT2D eigenvalue weighted by Gasteiger charge is -2.21. The predicted octanol–water partition coefficient (Wildman–Crippen LogP) is 6.66. The van der Waals surface area contributed by atoms with Gasteiger partial charge in [0.2, 0.25) is 0 Å². The van der Waals surface area contributed by atoms with E-state index in [0.29, 0.717) is 0 Å². The maximum atomic E-state index is 5.13. The highest BCUT2D eigenvalue weighted by Gasteiger charge is 2.25. The van der Waals surface area contributed by atoms with Crippen LogP contribution in [-0.4, -0.2) is 19.1 Å². The van der Waals surface area contributed by atoms with Gasteiger partial charge in [0.05, 0.1) is 17.1 Å². The van der Waals surface area contributed by atoms with Crippen LogP contribution in [0.5, 0.6) is 0 Å². The second-order valence-corrected chi connectivity index (χ2v) is 12.9. The molecule has 0 amide bonds. The highest BCUT2D eigenvalue weighted by molar-refractivity contribution is 7.13. The van der Waals surface area contributed by atoms with E-state index in [1.54, 1.807) is 0 Å². The number of aliphatic imine (C=N–C) groups is 2. The van der Waals surface area contributed by atoms with Crippen molar-refractivity contribution in [2.24, 2.45) is 9.98 Å². The topological polar surface area (TPSA) is 24.7 Å². The SMILES string of the molecule is CC(=Nc1c(C)cccc1C)C(=Nc1c(C)cccc1C)[Si](C)(C)C. The Morgan fingerprint density at radius 3 is 1.40 bits per heavy atom. The lowest BCUT2D eigenvalue weighted by atomic mass is 10.1. The van der Waals surface area contributed by atoms with E-state index in [1.807, 2.05) is 0 Å². The predicted molar refractivity (Wildman–Crippen MR) is 115 cm³/mol. The maximum absolute atomic E-state index is 5.13. The third kappa shape index (κ3) is 4.54. The Morgan fingerprint density at radius 1 is 0.680 bits per heavy atom. The second-order valence-electron chi connectivity index (χ2n) is 7.89. The second kappa shape index (κ2) is 7.48. The smallest absolute Gasteiger partial charge is 0.104 e. The van der Waals surface area contributed by atoms with Gasteiger partial charge in [-0.15, -0.1) is 0 Å². The largest absolute Gasteiger partial charge is 0.256 e. The summed E-state index contributed by atoms with van der Waals surface area (Å²) in [5, 5.41) is 1.17. The first-order valence-corrected chi connectivity index (χ1v) is 12.4. The maximum Gasteiger partial charge on any atom is 0.104 e. The summed E-state index contributed by atoms with van der Waals surface area (Å²) in [5.74, 6) is 0. The summed E-state index contributed by atoms with van der Waals surface area (Å²) in [6, 6.07) is 12.7. The Kier molecular flexibility index (Phi) is 5.78. The molecule has 0 aliphatic rings. The van der Waals surface area contributed by atoms with Crippen molar-refractivity contribution >= 4 is 30.5 Å². The molecule has 0 atom stereocenters. The minimum absolute atomic E-state index is 1.04. The van der Waals surface area contributed by atoms with Crippen molar-refractivity contribution in [1.82, 2.24) is 0 Å². The van der Waals surface area contributed by atoms with Crippen molar-refractivity contribution in [1.29, 1.82) is 0 Å². The van der Waals surface area contributed by atoms with Gasteiger partial charge in [0.15, 0.2) is 0 Å². The molecule has 0 unspecified atom stereocenters. The molecular weight excluding hydrogens is 320 g/mol. The number of para-hydroxylation sites is 2. The number of aryl methyl sites for hydroxylation is 4. The highest BCUT2D eigenvalue weighted by atomic mass is 28.3. The average molecular weight is 351 g/mol. The Balaban J connectivity index is 2.63. The highest BCUT2D eigenvalue weighted by Crippen LogP contribution is 2.27. The van der Waals surface area contributed by atoms with Crippen LogP contribution >= 0.6 is 0 Å². The van der Waals surface area contributed by atoms with E-state index in [9.17, 15) is 0 Å². The van der Waals surface area contributed by atoms with Gasteiger partial charge < -0.3 is 0 Å². The van der Waals surface area contributed by atoms with Crippen LogP contribution < -0.4 is 0 Å². The molecule has 0 saturated heterocycles. The standard InChI is InChI=1S/C22H30N2Si/c1-15-11-9-12-16(2)20(15)23-19(5)22(25(6,7)8)24-21-17(3)13-10-14-18(21)4/h9-14H,1-8H3. The van der Waals surface area contributed by atoms with Crippen molar-refractivity contribution in [3.8, 4) is 0 Å². The van der Waals surface area contributed by atoms with Crippen LogP contribution in [0.15, 0.2) is 46.4 Å². The van der Waals surface area contributed by atoms with Crippen molar-refractivity contribution in [3.63, 3.8) is 0 Å². The summed E-state index contributed by atoms with van der Waals surface area (Å²) in [6.07, 6.45) is 0. The van der Waals surface area contributed by atoms with Gasteiger partial charge in [-0.1, -0.05) is 56.0 Å². The first-order chi connectivity index (χ1) is 11.6. The molecule has 0 fully saturated rings. The molecule has 0 radical (unpaired) electrons. The zero-order chi connectivity index (χ0) is 18.8. The molecule has 2 rings (SSSR count). The van der Waals surface area contributed by atoms with Crippen LogP contribution in [0.4, 0.5) is 11.4 Å². The Labute approximate surface area is 153 Å². The summed E-state index contributed by atoms with van der Waals surface area (Å²) in [5.41, 5.74) is 8.07. The Bertz CT molecular complexity index is 799. The first kappa shape index (κ1) is 19.3. The minimum atomic E-state index is -1.65. The molecule has 0 aliphatic carbocycles. The van der Waals surface area contributed by atoms with Crippen LogP contribution in [0.3, 0.4) is 0 Å². The summed E-state index contributed by atoms with van der Waals surface area (Å²) < 4.78 is 0. The molecule has 0 N–H and O–H groups in total. The van der Waals surface area contributed by atoms with Crippen molar-refractivity contribution < 1.29 is 0 Å². The molecule has 2 nitrogen and oxygen atoms in total. The lowest BCUT2D eigenvalue weighted by Crippen LogP contribution is -2.38. The molecule has 132 valence electrons. The lowest BCUT2D eigenvalue weighted by molar-refractivity contribution is 1.32. The van der Waals surface area contributed by atoms with Gasteiger partial charge in [-0.3, -0.25) is 9.98 Å². The monoisotopic (exact) mass is 350 g/mol. The van der Waals surface area contributed by atoms with E-state index in [0.717, 1.165) is 17.1 Å². The molecule has 25 heavy (non-hydrogen) atoms. The van der Waals surface area contributed by atoms with Gasteiger partial charge in [0.25, 0.3) is 0 Å². The number of hydrogen-bond donors (Lipinski definition) is 0. The zero-order valence-corrected chi connectivity index (χ0v) is 17.9. The van der Waals surface area contributed by atoms with E-state index in [-0.39, 0.29) is 0 Å². The minimum Gasteiger partial charge on any atom is -0.256 e. The molecule has 0 aliphatic heterocycles. The van der Waals surface area contributed by atoms with Gasteiger partial charge >= 0.3 is 0 Å². The number of hydrogen-bond acceptors (Lipinski definition) is 2. The molecule has 0 heterocycles. The fraction of sp³-hybridized carbons (Fsp3) is 0.364. The Hall–Kier alpha value is -2.00. The molecular formula is C22H30N2Si. The average Bonchev–Trinajstić information content (AvgIpc) is 2.49. The van der Waals surface area contributed by atoms with Gasteiger partial charge in [-0.05, 0) is 56.9 Å². The third-order valence-electron chi connectivity index (χ3n) is 4.44. The molecule has 0 spiro atoms. The molecule has 0 saturated carbocycles. The van der Waals surface area contributed by atoms with Crippen molar-refractivity contribution in [3.05, 3.63) is 58.7 Å². The number of benzene rings is 2. The van der Waals surface area contributed by atoms with Crippen LogP contribution in [0.25, 0.3) is 0 Å². The van der Waals surface area contributed by atoms with Gasteiger partial charge in [-0.2, -0.15) is 0 Å².